The predicted octanol–water partition coefficient (Wildman–Crippen LogP) is 3.81. The van der Waals surface area contributed by atoms with Gasteiger partial charge >= 0.3 is 6.09 Å². The molecule has 31 heavy (non-hydrogen) atoms. The molecule has 0 radical (unpaired) electrons. The van der Waals surface area contributed by atoms with Gasteiger partial charge in [-0.25, -0.2) is 13.2 Å². The van der Waals surface area contributed by atoms with Gasteiger partial charge in [-0.1, -0.05) is 6.07 Å². The van der Waals surface area contributed by atoms with Gasteiger partial charge in [0.25, 0.3) is 0 Å². The molecule has 1 aromatic carbocycles. The maximum atomic E-state index is 12.2. The van der Waals surface area contributed by atoms with Gasteiger partial charge in [0.05, 0.1) is 12.9 Å². The van der Waals surface area contributed by atoms with Crippen LogP contribution in [0.1, 0.15) is 57.6 Å². The monoisotopic (exact) mass is 452 g/mol. The number of carbonyl (C=O) groups is 1. The van der Waals surface area contributed by atoms with E-state index in [2.05, 4.69) is 6.07 Å². The van der Waals surface area contributed by atoms with Crippen LogP contribution in [0.15, 0.2) is 18.2 Å². The van der Waals surface area contributed by atoms with Crippen LogP contribution in [0.2, 0.25) is 0 Å². The number of amides is 1. The molecule has 2 aliphatic heterocycles. The minimum atomic E-state index is -3.17. The van der Waals surface area contributed by atoms with Crippen molar-refractivity contribution in [2.24, 2.45) is 5.92 Å². The number of piperidine rings is 1. The summed E-state index contributed by atoms with van der Waals surface area (Å²) in [6.45, 7) is 8.77. The maximum absolute atomic E-state index is 12.2. The molecule has 0 spiro atoms. The van der Waals surface area contributed by atoms with Crippen molar-refractivity contribution < 1.29 is 22.7 Å². The van der Waals surface area contributed by atoms with E-state index in [0.29, 0.717) is 25.6 Å². The number of fused-ring (bicyclic) bond motifs is 1. The van der Waals surface area contributed by atoms with Crippen LogP contribution >= 0.6 is 0 Å². The summed E-state index contributed by atoms with van der Waals surface area (Å²) in [6, 6.07) is 6.01. The number of benzene rings is 1. The van der Waals surface area contributed by atoms with E-state index in [1.165, 1.54) is 16.1 Å². The summed E-state index contributed by atoms with van der Waals surface area (Å²) in [5.41, 5.74) is 1.78. The summed E-state index contributed by atoms with van der Waals surface area (Å²) in [4.78, 5) is 14.0. The Labute approximate surface area is 186 Å². The lowest BCUT2D eigenvalue weighted by atomic mass is 9.92. The van der Waals surface area contributed by atoms with Crippen LogP contribution in [-0.4, -0.2) is 61.8 Å². The fraction of sp³-hybridized carbons (Fsp3) is 0.696. The summed E-state index contributed by atoms with van der Waals surface area (Å²) in [5.74, 6) is 1.41. The van der Waals surface area contributed by atoms with Crippen LogP contribution < -0.4 is 4.74 Å². The van der Waals surface area contributed by atoms with Gasteiger partial charge in [0, 0.05) is 26.2 Å². The molecule has 1 amide bonds. The van der Waals surface area contributed by atoms with Crippen molar-refractivity contribution in [3.05, 3.63) is 29.3 Å². The average molecular weight is 453 g/mol. The molecule has 8 heteroatoms. The van der Waals surface area contributed by atoms with Gasteiger partial charge in [-0.2, -0.15) is 4.31 Å². The number of rotatable bonds is 6. The molecule has 1 saturated heterocycles. The zero-order chi connectivity index (χ0) is 22.6. The minimum absolute atomic E-state index is 0.212. The lowest BCUT2D eigenvalue weighted by molar-refractivity contribution is 0.0179. The van der Waals surface area contributed by atoms with Crippen molar-refractivity contribution in [1.82, 2.24) is 9.21 Å². The number of likely N-dealkylation sites (tertiary alicyclic amines) is 1. The SMILES string of the molecule is CC(C)(C)OC(=O)N1CCC(CCCOc2ccc3c(c2)CN(S(C)(=O)=O)CC3)CC1. The van der Waals surface area contributed by atoms with E-state index in [4.69, 9.17) is 9.47 Å². The number of ether oxygens (including phenoxy) is 2. The van der Waals surface area contributed by atoms with Gasteiger partial charge < -0.3 is 14.4 Å². The Kier molecular flexibility index (Phi) is 7.52. The molecular weight excluding hydrogens is 416 g/mol. The van der Waals surface area contributed by atoms with Gasteiger partial charge in [0.2, 0.25) is 10.0 Å². The Morgan fingerprint density at radius 2 is 1.84 bits per heavy atom. The summed E-state index contributed by atoms with van der Waals surface area (Å²) in [5, 5.41) is 0. The van der Waals surface area contributed by atoms with Crippen LogP contribution in [0.4, 0.5) is 4.79 Å². The molecule has 0 atom stereocenters. The molecule has 0 saturated carbocycles. The van der Waals surface area contributed by atoms with Gasteiger partial charge in [-0.15, -0.1) is 0 Å². The molecule has 0 N–H and O–H groups in total. The standard InChI is InChI=1S/C23H36N2O5S/c1-23(2,3)30-22(26)24-12-9-18(10-13-24)6-5-15-29-21-8-7-19-11-14-25(31(4,27)28)17-20(19)16-21/h7-8,16,18H,5-6,9-15,17H2,1-4H3. The Hall–Kier alpha value is -1.80. The van der Waals surface area contributed by atoms with Gasteiger partial charge in [0.15, 0.2) is 0 Å². The van der Waals surface area contributed by atoms with E-state index in [0.717, 1.165) is 56.5 Å². The van der Waals surface area contributed by atoms with E-state index in [9.17, 15) is 13.2 Å². The second-order valence-electron chi connectivity index (χ2n) is 9.68. The molecule has 3 rings (SSSR count). The smallest absolute Gasteiger partial charge is 0.410 e. The first-order valence-electron chi connectivity index (χ1n) is 11.2. The average Bonchev–Trinajstić information content (AvgIpc) is 2.69. The summed E-state index contributed by atoms with van der Waals surface area (Å²) >= 11 is 0. The fourth-order valence-electron chi connectivity index (χ4n) is 4.17. The van der Waals surface area contributed by atoms with E-state index >= 15 is 0 Å². The minimum Gasteiger partial charge on any atom is -0.494 e. The quantitative estimate of drug-likeness (QED) is 0.614. The highest BCUT2D eigenvalue weighted by molar-refractivity contribution is 7.88. The van der Waals surface area contributed by atoms with Crippen LogP contribution in [0.25, 0.3) is 0 Å². The van der Waals surface area contributed by atoms with E-state index in [1.54, 1.807) is 0 Å². The van der Waals surface area contributed by atoms with Crippen LogP contribution in [-0.2, 0) is 27.7 Å². The lowest BCUT2D eigenvalue weighted by Gasteiger charge is -2.33. The summed E-state index contributed by atoms with van der Waals surface area (Å²) < 4.78 is 36.6. The summed E-state index contributed by atoms with van der Waals surface area (Å²) in [7, 11) is -3.17. The number of hydrogen-bond donors (Lipinski definition) is 0. The van der Waals surface area contributed by atoms with E-state index in [1.807, 2.05) is 37.8 Å². The second kappa shape index (κ2) is 9.77. The maximum Gasteiger partial charge on any atom is 0.410 e. The van der Waals surface area contributed by atoms with Crippen LogP contribution in [0.5, 0.6) is 5.75 Å². The Morgan fingerprint density at radius 3 is 2.48 bits per heavy atom. The molecule has 2 aliphatic rings. The van der Waals surface area contributed by atoms with Crippen molar-refractivity contribution in [2.45, 2.75) is 65.0 Å². The molecule has 2 heterocycles. The van der Waals surface area contributed by atoms with Crippen molar-refractivity contribution in [1.29, 1.82) is 0 Å². The molecular formula is C23H36N2O5S. The molecule has 0 aliphatic carbocycles. The van der Waals surface area contributed by atoms with Crippen molar-refractivity contribution in [2.75, 3.05) is 32.5 Å². The third-order valence-corrected chi connectivity index (χ3v) is 7.17. The number of nitrogens with zero attached hydrogens (tertiary/aromatic N) is 2. The van der Waals surface area contributed by atoms with E-state index < -0.39 is 15.6 Å². The zero-order valence-corrected chi connectivity index (χ0v) is 20.0. The third-order valence-electron chi connectivity index (χ3n) is 5.92. The molecule has 0 bridgehead atoms. The first kappa shape index (κ1) is 23.9. The largest absolute Gasteiger partial charge is 0.494 e. The number of hydrogen-bond acceptors (Lipinski definition) is 5. The fourth-order valence-corrected chi connectivity index (χ4v) is 4.97. The van der Waals surface area contributed by atoms with Crippen LogP contribution in [0, 0.1) is 5.92 Å². The lowest BCUT2D eigenvalue weighted by Crippen LogP contribution is -2.41. The third kappa shape index (κ3) is 7.10. The first-order valence-corrected chi connectivity index (χ1v) is 13.0. The van der Waals surface area contributed by atoms with Gasteiger partial charge in [0.1, 0.15) is 11.4 Å². The topological polar surface area (TPSA) is 76.2 Å². The second-order valence-corrected chi connectivity index (χ2v) is 11.7. The molecule has 7 nitrogen and oxygen atoms in total. The Balaban J connectivity index is 1.39. The molecule has 1 aromatic rings. The summed E-state index contributed by atoms with van der Waals surface area (Å²) in [6.07, 6.45) is 5.83. The van der Waals surface area contributed by atoms with Crippen molar-refractivity contribution in [3.63, 3.8) is 0 Å². The molecule has 0 unspecified atom stereocenters. The number of sulfonamides is 1. The van der Waals surface area contributed by atoms with Gasteiger partial charge in [-0.05, 0) is 82.1 Å². The normalized spacial score (nSPS) is 18.5. The molecule has 174 valence electrons. The van der Waals surface area contributed by atoms with Crippen molar-refractivity contribution in [3.8, 4) is 5.75 Å². The Morgan fingerprint density at radius 1 is 1.13 bits per heavy atom. The highest BCUT2D eigenvalue weighted by atomic mass is 32.2. The Bertz CT molecular complexity index is 870. The highest BCUT2D eigenvalue weighted by Crippen LogP contribution is 2.26. The number of carbonyl (C=O) groups excluding carboxylic acids is 1. The first-order chi connectivity index (χ1) is 14.5. The van der Waals surface area contributed by atoms with Gasteiger partial charge in [-0.3, -0.25) is 0 Å². The van der Waals surface area contributed by atoms with E-state index in [-0.39, 0.29) is 6.09 Å². The molecule has 0 aromatic heterocycles. The molecule has 1 fully saturated rings. The van der Waals surface area contributed by atoms with Crippen LogP contribution in [0.3, 0.4) is 0 Å². The van der Waals surface area contributed by atoms with Crippen molar-refractivity contribution >= 4 is 16.1 Å². The zero-order valence-electron chi connectivity index (χ0n) is 19.2. The predicted molar refractivity (Wildman–Crippen MR) is 121 cm³/mol. The highest BCUT2D eigenvalue weighted by Gasteiger charge is 2.27.